The first kappa shape index (κ1) is 12.9. The highest BCUT2D eigenvalue weighted by Gasteiger charge is 2.11. The second-order valence-corrected chi connectivity index (χ2v) is 5.27. The van der Waals surface area contributed by atoms with Crippen molar-refractivity contribution >= 4 is 34.7 Å². The normalized spacial score (nSPS) is 12.6. The second-order valence-electron chi connectivity index (χ2n) is 3.95. The fourth-order valence-corrected chi connectivity index (χ4v) is 2.29. The molecule has 2 heterocycles. The summed E-state index contributed by atoms with van der Waals surface area (Å²) in [6.45, 7) is 4.31. The van der Waals surface area contributed by atoms with E-state index in [2.05, 4.69) is 44.4 Å². The highest BCUT2D eigenvalue weighted by Crippen LogP contribution is 2.19. The molecular formula is C11H18N6S. The van der Waals surface area contributed by atoms with Crippen molar-refractivity contribution in [1.29, 1.82) is 0 Å². The number of imidazole rings is 1. The standard InChI is InChI=1S/C11H18N6S/c1-4-18-5-7(2)15-10-8-9(14-6-13-8)16-11(12-3)17-10/h6-7H,4-5H2,1-3H3,(H3,12,13,14,15,16,17). The molecule has 0 aliphatic heterocycles. The molecule has 6 nitrogen and oxygen atoms in total. The Morgan fingerprint density at radius 3 is 3.00 bits per heavy atom. The molecule has 3 N–H and O–H groups in total. The minimum absolute atomic E-state index is 0.348. The minimum Gasteiger partial charge on any atom is -0.365 e. The molecule has 0 saturated carbocycles. The Bertz CT molecular complexity index is 511. The Morgan fingerprint density at radius 1 is 1.44 bits per heavy atom. The van der Waals surface area contributed by atoms with Gasteiger partial charge in [0.2, 0.25) is 5.95 Å². The van der Waals surface area contributed by atoms with Crippen LogP contribution < -0.4 is 10.6 Å². The van der Waals surface area contributed by atoms with Crippen molar-refractivity contribution < 1.29 is 0 Å². The molecule has 2 aromatic heterocycles. The molecule has 0 radical (unpaired) electrons. The molecule has 0 fully saturated rings. The summed E-state index contributed by atoms with van der Waals surface area (Å²) in [5, 5.41) is 6.34. The van der Waals surface area contributed by atoms with Crippen LogP contribution in [0.5, 0.6) is 0 Å². The van der Waals surface area contributed by atoms with Crippen LogP contribution in [0, 0.1) is 0 Å². The third-order valence-corrected chi connectivity index (χ3v) is 3.61. The van der Waals surface area contributed by atoms with Gasteiger partial charge in [-0.15, -0.1) is 0 Å². The van der Waals surface area contributed by atoms with Gasteiger partial charge in [0.1, 0.15) is 5.52 Å². The molecule has 98 valence electrons. The van der Waals surface area contributed by atoms with Gasteiger partial charge in [-0.05, 0) is 12.7 Å². The number of hydrogen-bond donors (Lipinski definition) is 3. The fraction of sp³-hybridized carbons (Fsp3) is 0.545. The highest BCUT2D eigenvalue weighted by molar-refractivity contribution is 7.99. The lowest BCUT2D eigenvalue weighted by molar-refractivity contribution is 0.902. The molecule has 2 rings (SSSR count). The number of H-pyrrole nitrogens is 1. The summed E-state index contributed by atoms with van der Waals surface area (Å²) < 4.78 is 0. The molecular weight excluding hydrogens is 248 g/mol. The third kappa shape index (κ3) is 2.84. The van der Waals surface area contributed by atoms with E-state index in [0.29, 0.717) is 17.6 Å². The number of rotatable bonds is 6. The van der Waals surface area contributed by atoms with Gasteiger partial charge in [0, 0.05) is 18.8 Å². The van der Waals surface area contributed by atoms with Gasteiger partial charge in [-0.1, -0.05) is 6.92 Å². The second kappa shape index (κ2) is 5.90. The van der Waals surface area contributed by atoms with Crippen molar-refractivity contribution in [3.8, 4) is 0 Å². The summed E-state index contributed by atoms with van der Waals surface area (Å²) in [6.07, 6.45) is 1.63. The van der Waals surface area contributed by atoms with Crippen LogP contribution in [0.25, 0.3) is 11.2 Å². The summed E-state index contributed by atoms with van der Waals surface area (Å²) in [6, 6.07) is 0.348. The van der Waals surface area contributed by atoms with Crippen LogP contribution in [-0.2, 0) is 0 Å². The lowest BCUT2D eigenvalue weighted by Gasteiger charge is -2.14. The van der Waals surface area contributed by atoms with Crippen LogP contribution in [0.3, 0.4) is 0 Å². The molecule has 7 heteroatoms. The van der Waals surface area contributed by atoms with Crippen molar-refractivity contribution in [1.82, 2.24) is 19.9 Å². The number of fused-ring (bicyclic) bond motifs is 1. The molecule has 1 unspecified atom stereocenters. The van der Waals surface area contributed by atoms with Gasteiger partial charge in [-0.25, -0.2) is 4.98 Å². The number of aromatic nitrogens is 4. The zero-order valence-electron chi connectivity index (χ0n) is 10.8. The predicted molar refractivity (Wildman–Crippen MR) is 77.3 cm³/mol. The fourth-order valence-electron chi connectivity index (χ4n) is 1.62. The Kier molecular flexibility index (Phi) is 4.24. The average molecular weight is 266 g/mol. The summed E-state index contributed by atoms with van der Waals surface area (Å²) in [4.78, 5) is 15.9. The van der Waals surface area contributed by atoms with Gasteiger partial charge in [0.25, 0.3) is 0 Å². The van der Waals surface area contributed by atoms with Crippen molar-refractivity contribution in [2.75, 3.05) is 29.2 Å². The van der Waals surface area contributed by atoms with E-state index in [1.807, 2.05) is 11.8 Å². The quantitative estimate of drug-likeness (QED) is 0.741. The van der Waals surface area contributed by atoms with Gasteiger partial charge < -0.3 is 15.6 Å². The minimum atomic E-state index is 0.348. The van der Waals surface area contributed by atoms with Crippen molar-refractivity contribution in [2.24, 2.45) is 0 Å². The first-order valence-corrected chi connectivity index (χ1v) is 7.13. The number of hydrogen-bond acceptors (Lipinski definition) is 6. The van der Waals surface area contributed by atoms with E-state index in [1.54, 1.807) is 13.4 Å². The number of anilines is 2. The molecule has 0 aromatic carbocycles. The Morgan fingerprint density at radius 2 is 2.28 bits per heavy atom. The summed E-state index contributed by atoms with van der Waals surface area (Å²) >= 11 is 1.91. The molecule has 0 aliphatic carbocycles. The third-order valence-electron chi connectivity index (χ3n) is 2.46. The van der Waals surface area contributed by atoms with Crippen LogP contribution in [-0.4, -0.2) is 44.5 Å². The van der Waals surface area contributed by atoms with E-state index in [1.165, 1.54) is 0 Å². The van der Waals surface area contributed by atoms with Crippen molar-refractivity contribution in [3.63, 3.8) is 0 Å². The summed E-state index contributed by atoms with van der Waals surface area (Å²) in [5.74, 6) is 3.54. The number of nitrogens with one attached hydrogen (secondary N) is 3. The van der Waals surface area contributed by atoms with Crippen LogP contribution >= 0.6 is 11.8 Å². The van der Waals surface area contributed by atoms with E-state index in [-0.39, 0.29) is 0 Å². The number of nitrogens with zero attached hydrogens (tertiary/aromatic N) is 3. The summed E-state index contributed by atoms with van der Waals surface area (Å²) in [7, 11) is 1.80. The van der Waals surface area contributed by atoms with Gasteiger partial charge in [0.05, 0.1) is 6.33 Å². The lowest BCUT2D eigenvalue weighted by Crippen LogP contribution is -2.19. The molecule has 0 amide bonds. The Hall–Kier alpha value is -1.50. The number of thioether (sulfide) groups is 1. The van der Waals surface area contributed by atoms with Crippen molar-refractivity contribution in [2.45, 2.75) is 19.9 Å². The molecule has 0 spiro atoms. The number of aromatic amines is 1. The van der Waals surface area contributed by atoms with E-state index < -0.39 is 0 Å². The molecule has 2 aromatic rings. The van der Waals surface area contributed by atoms with E-state index in [4.69, 9.17) is 0 Å². The first-order chi connectivity index (χ1) is 8.74. The maximum absolute atomic E-state index is 4.43. The molecule has 1 atom stereocenters. The zero-order valence-corrected chi connectivity index (χ0v) is 11.6. The summed E-state index contributed by atoms with van der Waals surface area (Å²) in [5.41, 5.74) is 1.52. The van der Waals surface area contributed by atoms with Crippen LogP contribution in [0.15, 0.2) is 6.33 Å². The maximum Gasteiger partial charge on any atom is 0.226 e. The van der Waals surface area contributed by atoms with Gasteiger partial charge >= 0.3 is 0 Å². The lowest BCUT2D eigenvalue weighted by atomic mass is 10.3. The smallest absolute Gasteiger partial charge is 0.226 e. The highest BCUT2D eigenvalue weighted by atomic mass is 32.2. The van der Waals surface area contributed by atoms with Gasteiger partial charge in [-0.2, -0.15) is 21.7 Å². The molecule has 18 heavy (non-hydrogen) atoms. The maximum atomic E-state index is 4.43. The first-order valence-electron chi connectivity index (χ1n) is 5.97. The molecule has 0 aliphatic rings. The Labute approximate surface area is 110 Å². The molecule has 0 saturated heterocycles. The van der Waals surface area contributed by atoms with Crippen molar-refractivity contribution in [3.05, 3.63) is 6.33 Å². The van der Waals surface area contributed by atoms with E-state index in [0.717, 1.165) is 22.8 Å². The van der Waals surface area contributed by atoms with Crippen LogP contribution in [0.4, 0.5) is 11.8 Å². The van der Waals surface area contributed by atoms with E-state index in [9.17, 15) is 0 Å². The zero-order chi connectivity index (χ0) is 13.0. The predicted octanol–water partition coefficient (Wildman–Crippen LogP) is 1.95. The average Bonchev–Trinajstić information content (AvgIpc) is 2.84. The van der Waals surface area contributed by atoms with Gasteiger partial charge in [0.15, 0.2) is 11.5 Å². The van der Waals surface area contributed by atoms with Crippen LogP contribution in [0.2, 0.25) is 0 Å². The van der Waals surface area contributed by atoms with Crippen LogP contribution in [0.1, 0.15) is 13.8 Å². The van der Waals surface area contributed by atoms with Gasteiger partial charge in [-0.3, -0.25) is 0 Å². The van der Waals surface area contributed by atoms with E-state index >= 15 is 0 Å². The topological polar surface area (TPSA) is 78.5 Å². The SMILES string of the molecule is CCSCC(C)Nc1nc(NC)nc2nc[nH]c12. The largest absolute Gasteiger partial charge is 0.365 e. The Balaban J connectivity index is 2.22. The molecule has 0 bridgehead atoms. The monoisotopic (exact) mass is 266 g/mol.